The van der Waals surface area contributed by atoms with E-state index in [-0.39, 0.29) is 10.9 Å². The summed E-state index contributed by atoms with van der Waals surface area (Å²) in [6.45, 7) is 0. The molecule has 13 heavy (non-hydrogen) atoms. The maximum Gasteiger partial charge on any atom is 0.0885 e. The van der Waals surface area contributed by atoms with Crippen molar-refractivity contribution >= 4 is 21.8 Å². The van der Waals surface area contributed by atoms with Crippen LogP contribution in [0, 0.1) is 0 Å². The molecule has 2 aromatic heterocycles. The van der Waals surface area contributed by atoms with Gasteiger partial charge in [-0.05, 0) is 24.6 Å². The maximum atomic E-state index is 4.37. The van der Waals surface area contributed by atoms with E-state index in [1.54, 1.807) is 6.20 Å². The second kappa shape index (κ2) is 3.34. The lowest BCUT2D eigenvalue weighted by Crippen LogP contribution is -1.86. The Kier molecular flexibility index (Phi) is 2.19. The van der Waals surface area contributed by atoms with E-state index < -0.39 is 0 Å². The molecule has 2 aromatic rings. The highest BCUT2D eigenvalue weighted by Gasteiger charge is 1.98. The van der Waals surface area contributed by atoms with Crippen molar-refractivity contribution in [2.24, 2.45) is 0 Å². The summed E-state index contributed by atoms with van der Waals surface area (Å²) in [6.07, 6.45) is 8.07. The molecule has 68 valence electrons. The molecule has 0 bridgehead atoms. The van der Waals surface area contributed by atoms with Crippen LogP contribution < -0.4 is 0 Å². The van der Waals surface area contributed by atoms with Gasteiger partial charge in [0.25, 0.3) is 0 Å². The van der Waals surface area contributed by atoms with Crippen molar-refractivity contribution in [2.75, 3.05) is 12.5 Å². The van der Waals surface area contributed by atoms with Crippen molar-refractivity contribution in [3.05, 3.63) is 30.6 Å². The summed E-state index contributed by atoms with van der Waals surface area (Å²) in [5.41, 5.74) is 0.975. The smallest absolute Gasteiger partial charge is 0.0885 e. The normalized spacial score (nSPS) is 11.7. The minimum atomic E-state index is -0.108. The van der Waals surface area contributed by atoms with E-state index in [4.69, 9.17) is 0 Å². The lowest BCUT2D eigenvalue weighted by atomic mass is 10.3. The maximum absolute atomic E-state index is 4.37. The molecule has 0 aliphatic rings. The van der Waals surface area contributed by atoms with E-state index in [2.05, 4.69) is 34.6 Å². The fourth-order valence-electron chi connectivity index (χ4n) is 1.21. The number of hydrogen-bond donors (Lipinski definition) is 1. The number of aromatic nitrogens is 2. The molecular formula is C10H12N2S. The summed E-state index contributed by atoms with van der Waals surface area (Å²) in [7, 11) is -0.108. The Morgan fingerprint density at radius 2 is 2.08 bits per heavy atom. The molecule has 0 amide bonds. The van der Waals surface area contributed by atoms with Crippen molar-refractivity contribution < 1.29 is 0 Å². The first-order valence-corrected chi connectivity index (χ1v) is 6.39. The van der Waals surface area contributed by atoms with Gasteiger partial charge in [0.15, 0.2) is 0 Å². The van der Waals surface area contributed by atoms with Crippen molar-refractivity contribution in [1.82, 2.24) is 9.97 Å². The quantitative estimate of drug-likeness (QED) is 0.701. The van der Waals surface area contributed by atoms with Gasteiger partial charge in [-0.1, -0.05) is 6.07 Å². The monoisotopic (exact) mass is 192 g/mol. The summed E-state index contributed by atoms with van der Waals surface area (Å²) < 4.78 is 0. The van der Waals surface area contributed by atoms with E-state index in [0.29, 0.717) is 0 Å². The molecule has 3 heteroatoms. The van der Waals surface area contributed by atoms with E-state index in [0.717, 1.165) is 5.52 Å². The molecule has 2 heterocycles. The van der Waals surface area contributed by atoms with Crippen LogP contribution in [0.2, 0.25) is 0 Å². The molecule has 0 aliphatic heterocycles. The summed E-state index contributed by atoms with van der Waals surface area (Å²) >= 11 is 0. The number of hydrogen-bond acceptors (Lipinski definition) is 2. The topological polar surface area (TPSA) is 25.8 Å². The number of fused-ring (bicyclic) bond motifs is 1. The predicted molar refractivity (Wildman–Crippen MR) is 58.6 cm³/mol. The van der Waals surface area contributed by atoms with Gasteiger partial charge < -0.3 is 0 Å². The van der Waals surface area contributed by atoms with Gasteiger partial charge in [-0.2, -0.15) is 0 Å². The standard InChI is InChI=1S/C10H12N2S/c1-13(2)10-6-8-4-3-5-11-9(8)7-12-10/h3-7,13H,1-2H3. The molecule has 0 unspecified atom stereocenters. The Hall–Kier alpha value is -1.09. The van der Waals surface area contributed by atoms with Crippen LogP contribution in [0.5, 0.6) is 0 Å². The third-order valence-electron chi connectivity index (χ3n) is 1.93. The van der Waals surface area contributed by atoms with Crippen LogP contribution in [0.4, 0.5) is 0 Å². The molecule has 0 saturated heterocycles. The van der Waals surface area contributed by atoms with Gasteiger partial charge in [0, 0.05) is 11.6 Å². The van der Waals surface area contributed by atoms with Crippen molar-refractivity contribution in [1.29, 1.82) is 0 Å². The summed E-state index contributed by atoms with van der Waals surface area (Å²) in [6, 6.07) is 6.17. The molecule has 0 aromatic carbocycles. The second-order valence-electron chi connectivity index (χ2n) is 3.13. The largest absolute Gasteiger partial charge is 0.255 e. The van der Waals surface area contributed by atoms with Crippen LogP contribution in [-0.4, -0.2) is 22.5 Å². The van der Waals surface area contributed by atoms with Gasteiger partial charge in [-0.25, -0.2) is 15.9 Å². The Bertz CT molecular complexity index is 426. The average molecular weight is 192 g/mol. The van der Waals surface area contributed by atoms with E-state index >= 15 is 0 Å². The molecular weight excluding hydrogens is 180 g/mol. The fraction of sp³-hybridized carbons (Fsp3) is 0.200. The van der Waals surface area contributed by atoms with Crippen LogP contribution in [0.15, 0.2) is 35.6 Å². The fourth-order valence-corrected chi connectivity index (χ4v) is 1.89. The molecule has 2 rings (SSSR count). The predicted octanol–water partition coefficient (Wildman–Crippen LogP) is 2.25. The molecule has 2 nitrogen and oxygen atoms in total. The highest BCUT2D eigenvalue weighted by Crippen LogP contribution is 2.27. The average Bonchev–Trinajstić information content (AvgIpc) is 2.17. The molecule has 0 atom stereocenters. The van der Waals surface area contributed by atoms with Crippen LogP contribution in [-0.2, 0) is 0 Å². The lowest BCUT2D eigenvalue weighted by Gasteiger charge is -2.08. The van der Waals surface area contributed by atoms with Gasteiger partial charge in [0.2, 0.25) is 0 Å². The summed E-state index contributed by atoms with van der Waals surface area (Å²) in [5, 5.41) is 2.37. The van der Waals surface area contributed by atoms with Crippen molar-refractivity contribution in [2.45, 2.75) is 5.03 Å². The molecule has 0 aliphatic carbocycles. The lowest BCUT2D eigenvalue weighted by molar-refractivity contribution is 1.14. The first-order chi connectivity index (χ1) is 6.27. The number of pyridine rings is 2. The third-order valence-corrected chi connectivity index (χ3v) is 3.09. The van der Waals surface area contributed by atoms with Crippen LogP contribution in [0.3, 0.4) is 0 Å². The first kappa shape index (κ1) is 8.51. The molecule has 0 saturated carbocycles. The Labute approximate surface area is 80.4 Å². The SMILES string of the molecule is C[SH](C)c1cc2cccnc2cn1. The second-order valence-corrected chi connectivity index (χ2v) is 5.38. The van der Waals surface area contributed by atoms with Crippen LogP contribution >= 0.6 is 10.9 Å². The van der Waals surface area contributed by atoms with Crippen molar-refractivity contribution in [3.8, 4) is 0 Å². The van der Waals surface area contributed by atoms with Gasteiger partial charge >= 0.3 is 0 Å². The molecule has 0 radical (unpaired) electrons. The number of thiol groups is 1. The molecule has 0 N–H and O–H groups in total. The number of nitrogens with zero attached hydrogens (tertiary/aromatic N) is 2. The third kappa shape index (κ3) is 1.65. The number of rotatable bonds is 1. The summed E-state index contributed by atoms with van der Waals surface area (Å²) in [4.78, 5) is 8.60. The van der Waals surface area contributed by atoms with Crippen LogP contribution in [0.1, 0.15) is 0 Å². The molecule has 0 spiro atoms. The van der Waals surface area contributed by atoms with Gasteiger partial charge in [0.05, 0.1) is 16.7 Å². The highest BCUT2D eigenvalue weighted by atomic mass is 32.2. The van der Waals surface area contributed by atoms with Crippen LogP contribution in [0.25, 0.3) is 10.9 Å². The first-order valence-electron chi connectivity index (χ1n) is 4.15. The minimum absolute atomic E-state index is 0.108. The van der Waals surface area contributed by atoms with Crippen molar-refractivity contribution in [3.63, 3.8) is 0 Å². The zero-order chi connectivity index (χ0) is 9.26. The zero-order valence-corrected chi connectivity index (χ0v) is 8.62. The zero-order valence-electron chi connectivity index (χ0n) is 7.73. The van der Waals surface area contributed by atoms with E-state index in [1.165, 1.54) is 10.4 Å². The van der Waals surface area contributed by atoms with E-state index in [9.17, 15) is 0 Å². The Morgan fingerprint density at radius 1 is 1.23 bits per heavy atom. The minimum Gasteiger partial charge on any atom is -0.255 e. The van der Waals surface area contributed by atoms with E-state index in [1.807, 2.05) is 12.3 Å². The molecule has 0 fully saturated rings. The Morgan fingerprint density at radius 3 is 2.85 bits per heavy atom. The summed E-state index contributed by atoms with van der Waals surface area (Å²) in [5.74, 6) is 0. The van der Waals surface area contributed by atoms with Gasteiger partial charge in [-0.3, -0.25) is 4.98 Å². The highest BCUT2D eigenvalue weighted by molar-refractivity contribution is 8.15. The van der Waals surface area contributed by atoms with Gasteiger partial charge in [0.1, 0.15) is 0 Å². The Balaban J connectivity index is 2.62. The van der Waals surface area contributed by atoms with Gasteiger partial charge in [-0.15, -0.1) is 0 Å².